The summed E-state index contributed by atoms with van der Waals surface area (Å²) >= 11 is 1.74. The number of aromatic nitrogens is 3. The number of hydrogen-bond donors (Lipinski definition) is 1. The van der Waals surface area contributed by atoms with Gasteiger partial charge in [-0.3, -0.25) is 0 Å². The first kappa shape index (κ1) is 17.3. The normalized spacial score (nSPS) is 19.4. The van der Waals surface area contributed by atoms with Crippen molar-refractivity contribution in [3.8, 4) is 0 Å². The maximum absolute atomic E-state index is 5.74. The van der Waals surface area contributed by atoms with Crippen LogP contribution in [0.25, 0.3) is 20.4 Å². The summed E-state index contributed by atoms with van der Waals surface area (Å²) in [5, 5.41) is 4.79. The summed E-state index contributed by atoms with van der Waals surface area (Å²) in [5.41, 5.74) is 5.36. The molecule has 142 valence electrons. The summed E-state index contributed by atoms with van der Waals surface area (Å²) in [4.78, 5) is 15.4. The first-order valence-electron chi connectivity index (χ1n) is 10.1. The van der Waals surface area contributed by atoms with E-state index in [9.17, 15) is 0 Å². The minimum absolute atomic E-state index is 0.296. The van der Waals surface area contributed by atoms with Gasteiger partial charge in [0.05, 0.1) is 16.3 Å². The molecule has 0 saturated carbocycles. The number of rotatable bonds is 5. The van der Waals surface area contributed by atoms with Gasteiger partial charge in [-0.2, -0.15) is 0 Å². The molecule has 0 spiro atoms. The fourth-order valence-electron chi connectivity index (χ4n) is 4.47. The lowest BCUT2D eigenvalue weighted by Crippen LogP contribution is -2.18. The predicted molar refractivity (Wildman–Crippen MR) is 111 cm³/mol. The van der Waals surface area contributed by atoms with Gasteiger partial charge in [-0.05, 0) is 55.6 Å². The molecule has 0 bridgehead atoms. The number of pyridine rings is 1. The van der Waals surface area contributed by atoms with Gasteiger partial charge in [0.1, 0.15) is 17.0 Å². The highest BCUT2D eigenvalue weighted by molar-refractivity contribution is 7.26. The van der Waals surface area contributed by atoms with E-state index in [0.29, 0.717) is 12.0 Å². The second-order valence-corrected chi connectivity index (χ2v) is 9.16. The van der Waals surface area contributed by atoms with E-state index in [0.717, 1.165) is 66.1 Å². The van der Waals surface area contributed by atoms with Crippen LogP contribution in [0.1, 0.15) is 49.9 Å². The number of fused-ring (bicyclic) bond motifs is 5. The highest BCUT2D eigenvalue weighted by Crippen LogP contribution is 2.41. The Morgan fingerprint density at radius 1 is 1.22 bits per heavy atom. The third-order valence-corrected chi connectivity index (χ3v) is 6.76. The number of ether oxygens (including phenoxy) is 1. The molecule has 5 rings (SSSR count). The molecule has 1 aliphatic heterocycles. The number of nitrogens with one attached hydrogen (secondary N) is 1. The Labute approximate surface area is 163 Å². The molecular weight excluding hydrogens is 356 g/mol. The van der Waals surface area contributed by atoms with Crippen LogP contribution in [0.15, 0.2) is 6.33 Å². The van der Waals surface area contributed by atoms with Crippen molar-refractivity contribution in [3.63, 3.8) is 0 Å². The maximum atomic E-state index is 5.74. The molecule has 0 radical (unpaired) electrons. The Hall–Kier alpha value is -1.79. The van der Waals surface area contributed by atoms with Gasteiger partial charge in [-0.15, -0.1) is 11.3 Å². The number of anilines is 1. The minimum atomic E-state index is 0.296. The first-order valence-corrected chi connectivity index (χ1v) is 11.0. The quantitative estimate of drug-likeness (QED) is 0.703. The van der Waals surface area contributed by atoms with Gasteiger partial charge in [0.15, 0.2) is 0 Å². The highest BCUT2D eigenvalue weighted by Gasteiger charge is 2.25. The van der Waals surface area contributed by atoms with Crippen LogP contribution in [-0.4, -0.2) is 34.2 Å². The molecule has 6 heteroatoms. The largest absolute Gasteiger partial charge is 0.376 e. The van der Waals surface area contributed by atoms with E-state index in [1.807, 2.05) is 0 Å². The third-order valence-electron chi connectivity index (χ3n) is 5.68. The molecule has 1 N–H and O–H groups in total. The van der Waals surface area contributed by atoms with Crippen molar-refractivity contribution in [1.82, 2.24) is 15.0 Å². The number of hydrogen-bond acceptors (Lipinski definition) is 6. The van der Waals surface area contributed by atoms with E-state index >= 15 is 0 Å². The van der Waals surface area contributed by atoms with Gasteiger partial charge in [-0.1, -0.05) is 13.8 Å². The Kier molecular flexibility index (Phi) is 4.48. The van der Waals surface area contributed by atoms with Crippen molar-refractivity contribution >= 4 is 37.6 Å². The monoisotopic (exact) mass is 382 g/mol. The molecule has 1 atom stereocenters. The van der Waals surface area contributed by atoms with Crippen LogP contribution < -0.4 is 5.32 Å². The fourth-order valence-corrected chi connectivity index (χ4v) is 5.62. The van der Waals surface area contributed by atoms with Crippen LogP contribution in [0.3, 0.4) is 0 Å². The van der Waals surface area contributed by atoms with Crippen molar-refractivity contribution in [3.05, 3.63) is 23.1 Å². The van der Waals surface area contributed by atoms with Crippen LogP contribution in [0.4, 0.5) is 5.82 Å². The summed E-state index contributed by atoms with van der Waals surface area (Å²) in [6, 6.07) is 0. The van der Waals surface area contributed by atoms with Crippen LogP contribution >= 0.6 is 11.3 Å². The average Bonchev–Trinajstić information content (AvgIpc) is 3.37. The molecule has 0 amide bonds. The van der Waals surface area contributed by atoms with Crippen molar-refractivity contribution in [2.45, 2.75) is 58.5 Å². The fraction of sp³-hybridized carbons (Fsp3) is 0.571. The number of aryl methyl sites for hydroxylation is 1. The second kappa shape index (κ2) is 6.99. The predicted octanol–water partition coefficient (Wildman–Crippen LogP) is 4.52. The lowest BCUT2D eigenvalue weighted by molar-refractivity contribution is 0.120. The van der Waals surface area contributed by atoms with Crippen LogP contribution in [0.5, 0.6) is 0 Å². The molecule has 4 heterocycles. The van der Waals surface area contributed by atoms with Gasteiger partial charge in [0.25, 0.3) is 0 Å². The molecule has 3 aromatic rings. The maximum Gasteiger partial charge on any atom is 0.147 e. The molecule has 0 unspecified atom stereocenters. The summed E-state index contributed by atoms with van der Waals surface area (Å²) in [6.45, 7) is 6.24. The Balaban J connectivity index is 1.60. The summed E-state index contributed by atoms with van der Waals surface area (Å²) in [6.07, 6.45) is 8.86. The lowest BCUT2D eigenvalue weighted by atomic mass is 9.99. The summed E-state index contributed by atoms with van der Waals surface area (Å²) < 4.78 is 6.88. The van der Waals surface area contributed by atoms with Crippen LogP contribution in [0, 0.1) is 5.92 Å². The van der Waals surface area contributed by atoms with Crippen molar-refractivity contribution < 1.29 is 4.74 Å². The Bertz CT molecular complexity index is 991. The van der Waals surface area contributed by atoms with E-state index in [1.165, 1.54) is 28.6 Å². The Morgan fingerprint density at radius 2 is 2.11 bits per heavy atom. The van der Waals surface area contributed by atoms with Gasteiger partial charge in [-0.25, -0.2) is 15.0 Å². The van der Waals surface area contributed by atoms with Gasteiger partial charge in [0.2, 0.25) is 0 Å². The highest BCUT2D eigenvalue weighted by atomic mass is 32.1. The zero-order chi connectivity index (χ0) is 18.4. The molecule has 1 fully saturated rings. The number of nitrogens with zero attached hydrogens (tertiary/aromatic N) is 3. The van der Waals surface area contributed by atoms with E-state index in [2.05, 4.69) is 29.1 Å². The molecule has 27 heavy (non-hydrogen) atoms. The van der Waals surface area contributed by atoms with Crippen LogP contribution in [0.2, 0.25) is 0 Å². The zero-order valence-electron chi connectivity index (χ0n) is 16.0. The molecule has 3 aromatic heterocycles. The standard InChI is InChI=1S/C21H26N4OS/c1-12(2)9-16-14-6-3-7-15(14)17-18-19(27-21(17)25-16)20(24-11-23-18)22-10-13-5-4-8-26-13/h11-13H,3-10H2,1-2H3,(H,22,23,24)/t13-/m0/s1. The molecule has 1 aliphatic carbocycles. The molecular formula is C21H26N4OS. The molecule has 1 saturated heterocycles. The zero-order valence-corrected chi connectivity index (χ0v) is 16.9. The third kappa shape index (κ3) is 3.09. The lowest BCUT2D eigenvalue weighted by Gasteiger charge is -2.11. The molecule has 2 aliphatic rings. The van der Waals surface area contributed by atoms with E-state index in [-0.39, 0.29) is 0 Å². The van der Waals surface area contributed by atoms with E-state index < -0.39 is 0 Å². The van der Waals surface area contributed by atoms with E-state index in [1.54, 1.807) is 17.7 Å². The topological polar surface area (TPSA) is 59.9 Å². The van der Waals surface area contributed by atoms with Crippen molar-refractivity contribution in [2.24, 2.45) is 5.92 Å². The average molecular weight is 383 g/mol. The minimum Gasteiger partial charge on any atom is -0.376 e. The van der Waals surface area contributed by atoms with Crippen LogP contribution in [-0.2, 0) is 24.0 Å². The first-order chi connectivity index (χ1) is 13.2. The Morgan fingerprint density at radius 3 is 2.93 bits per heavy atom. The second-order valence-electron chi connectivity index (χ2n) is 8.17. The van der Waals surface area contributed by atoms with Gasteiger partial charge < -0.3 is 10.1 Å². The van der Waals surface area contributed by atoms with Crippen molar-refractivity contribution in [2.75, 3.05) is 18.5 Å². The SMILES string of the molecule is CC(C)Cc1nc2sc3c(NC[C@@H]4CCCO4)ncnc3c2c2c1CCC2. The molecule has 0 aromatic carbocycles. The van der Waals surface area contributed by atoms with Crippen molar-refractivity contribution in [1.29, 1.82) is 0 Å². The summed E-state index contributed by atoms with van der Waals surface area (Å²) in [5.74, 6) is 1.55. The smallest absolute Gasteiger partial charge is 0.147 e. The van der Waals surface area contributed by atoms with Gasteiger partial charge >= 0.3 is 0 Å². The van der Waals surface area contributed by atoms with Gasteiger partial charge in [0, 0.05) is 24.2 Å². The summed E-state index contributed by atoms with van der Waals surface area (Å²) in [7, 11) is 0. The number of thiophene rings is 1. The van der Waals surface area contributed by atoms with E-state index in [4.69, 9.17) is 9.72 Å². The molecule has 5 nitrogen and oxygen atoms in total.